The van der Waals surface area contributed by atoms with Crippen molar-refractivity contribution in [1.29, 1.82) is 0 Å². The molecule has 1 aromatic rings. The topological polar surface area (TPSA) is 72.4 Å². The van der Waals surface area contributed by atoms with Crippen LogP contribution in [0.25, 0.3) is 0 Å². The molecule has 2 aliphatic rings. The SMILES string of the molecule is C/C=C/C(C)(C)CC1[NH2+]CC(c2ccc3c(c2)OCCO3)[C@H]1C(=O)O. The van der Waals surface area contributed by atoms with Gasteiger partial charge in [-0.25, -0.2) is 0 Å². The van der Waals surface area contributed by atoms with Gasteiger partial charge in [0.1, 0.15) is 25.2 Å². The van der Waals surface area contributed by atoms with Crippen molar-refractivity contribution in [3.05, 3.63) is 35.9 Å². The van der Waals surface area contributed by atoms with Crippen molar-refractivity contribution in [2.24, 2.45) is 11.3 Å². The van der Waals surface area contributed by atoms with Gasteiger partial charge in [-0.1, -0.05) is 32.1 Å². The van der Waals surface area contributed by atoms with Crippen LogP contribution in [0, 0.1) is 11.3 Å². The second kappa shape index (κ2) is 7.08. The Bertz CT molecular complexity index is 668. The lowest BCUT2D eigenvalue weighted by Crippen LogP contribution is -2.88. The average molecular weight is 346 g/mol. The Balaban J connectivity index is 1.83. The number of aliphatic carboxylic acids is 1. The number of nitrogens with two attached hydrogens (primary N) is 1. The maximum atomic E-state index is 12.0. The molecule has 0 aliphatic carbocycles. The Hall–Kier alpha value is -2.01. The molecule has 0 spiro atoms. The molecular formula is C20H28NO4+. The summed E-state index contributed by atoms with van der Waals surface area (Å²) in [4.78, 5) is 12.0. The zero-order valence-electron chi connectivity index (χ0n) is 15.2. The first-order valence-corrected chi connectivity index (χ1v) is 9.01. The smallest absolute Gasteiger partial charge is 0.313 e. The second-order valence-corrected chi connectivity index (χ2v) is 7.70. The minimum absolute atomic E-state index is 0.00862. The molecule has 3 atom stereocenters. The molecule has 3 N–H and O–H groups in total. The third-order valence-corrected chi connectivity index (χ3v) is 5.25. The number of allylic oxidation sites excluding steroid dienone is 2. The molecule has 0 radical (unpaired) electrons. The summed E-state index contributed by atoms with van der Waals surface area (Å²) in [6.45, 7) is 8.22. The molecule has 3 rings (SSSR count). The third kappa shape index (κ3) is 3.82. The largest absolute Gasteiger partial charge is 0.486 e. The highest BCUT2D eigenvalue weighted by atomic mass is 16.6. The fourth-order valence-electron chi connectivity index (χ4n) is 4.24. The predicted molar refractivity (Wildman–Crippen MR) is 95.1 cm³/mol. The summed E-state index contributed by atoms with van der Waals surface area (Å²) in [5.74, 6) is 0.349. The first-order valence-electron chi connectivity index (χ1n) is 9.01. The average Bonchev–Trinajstić information content (AvgIpc) is 2.97. The van der Waals surface area contributed by atoms with Crippen LogP contribution in [-0.2, 0) is 4.79 Å². The molecule has 25 heavy (non-hydrogen) atoms. The molecule has 1 fully saturated rings. The van der Waals surface area contributed by atoms with Crippen molar-refractivity contribution in [3.8, 4) is 11.5 Å². The van der Waals surface area contributed by atoms with Gasteiger partial charge in [0.05, 0.1) is 12.5 Å². The van der Waals surface area contributed by atoms with Gasteiger partial charge < -0.3 is 19.9 Å². The van der Waals surface area contributed by atoms with E-state index < -0.39 is 11.9 Å². The van der Waals surface area contributed by atoms with E-state index in [1.165, 1.54) is 0 Å². The maximum Gasteiger partial charge on any atom is 0.313 e. The highest BCUT2D eigenvalue weighted by Gasteiger charge is 2.47. The number of carboxylic acid groups (broad SMARTS) is 1. The van der Waals surface area contributed by atoms with E-state index in [-0.39, 0.29) is 17.4 Å². The van der Waals surface area contributed by atoms with E-state index >= 15 is 0 Å². The number of hydrogen-bond acceptors (Lipinski definition) is 3. The number of hydrogen-bond donors (Lipinski definition) is 2. The van der Waals surface area contributed by atoms with Crippen LogP contribution in [0.15, 0.2) is 30.4 Å². The van der Waals surface area contributed by atoms with Crippen molar-refractivity contribution < 1.29 is 24.7 Å². The standard InChI is InChI=1S/C20H27NO4/c1-4-7-20(2,3)11-15-18(19(22)23)14(12-21-15)13-5-6-16-17(10-13)25-9-8-24-16/h4-7,10,14-15,18,21H,8-9,11-12H2,1-3H3,(H,22,23)/p+1/b7-4+/t14?,15?,18-/m1/s1. The minimum Gasteiger partial charge on any atom is -0.486 e. The molecule has 0 bridgehead atoms. The zero-order valence-corrected chi connectivity index (χ0v) is 15.2. The van der Waals surface area contributed by atoms with Crippen molar-refractivity contribution in [3.63, 3.8) is 0 Å². The molecule has 0 saturated carbocycles. The summed E-state index contributed by atoms with van der Waals surface area (Å²) in [7, 11) is 0. The van der Waals surface area contributed by atoms with Crippen molar-refractivity contribution in [2.75, 3.05) is 19.8 Å². The van der Waals surface area contributed by atoms with Crippen LogP contribution in [0.2, 0.25) is 0 Å². The molecule has 1 saturated heterocycles. The highest BCUT2D eigenvalue weighted by molar-refractivity contribution is 5.72. The van der Waals surface area contributed by atoms with E-state index in [4.69, 9.17) is 9.47 Å². The lowest BCUT2D eigenvalue weighted by molar-refractivity contribution is -0.674. The summed E-state index contributed by atoms with van der Waals surface area (Å²) >= 11 is 0. The van der Waals surface area contributed by atoms with E-state index in [0.717, 1.165) is 30.0 Å². The van der Waals surface area contributed by atoms with Gasteiger partial charge in [-0.2, -0.15) is 0 Å². The van der Waals surface area contributed by atoms with E-state index in [1.54, 1.807) is 0 Å². The number of quaternary nitrogens is 1. The Kier molecular flexibility index (Phi) is 5.04. The minimum atomic E-state index is -0.713. The zero-order chi connectivity index (χ0) is 18.0. The molecule has 136 valence electrons. The van der Waals surface area contributed by atoms with E-state index in [1.807, 2.05) is 31.2 Å². The fourth-order valence-corrected chi connectivity index (χ4v) is 4.24. The van der Waals surface area contributed by atoms with Gasteiger partial charge in [0.15, 0.2) is 11.5 Å². The summed E-state index contributed by atoms with van der Waals surface area (Å²) in [5, 5.41) is 12.1. The highest BCUT2D eigenvalue weighted by Crippen LogP contribution is 2.38. The summed E-state index contributed by atoms with van der Waals surface area (Å²) in [6, 6.07) is 5.92. The second-order valence-electron chi connectivity index (χ2n) is 7.70. The van der Waals surface area contributed by atoms with Crippen LogP contribution in [0.4, 0.5) is 0 Å². The first-order chi connectivity index (χ1) is 11.9. The molecule has 0 amide bonds. The molecule has 2 heterocycles. The number of carbonyl (C=O) groups is 1. The maximum absolute atomic E-state index is 12.0. The molecule has 2 unspecified atom stereocenters. The lowest BCUT2D eigenvalue weighted by atomic mass is 9.78. The van der Waals surface area contributed by atoms with Crippen molar-refractivity contribution in [2.45, 2.75) is 39.2 Å². The number of carboxylic acids is 1. The number of rotatable bonds is 5. The summed E-state index contributed by atoms with van der Waals surface area (Å²) < 4.78 is 11.2. The normalized spacial score (nSPS) is 26.1. The summed E-state index contributed by atoms with van der Waals surface area (Å²) in [5.41, 5.74) is 1.02. The van der Waals surface area contributed by atoms with Gasteiger partial charge >= 0.3 is 5.97 Å². The molecular weight excluding hydrogens is 318 g/mol. The van der Waals surface area contributed by atoms with E-state index in [2.05, 4.69) is 25.2 Å². The summed E-state index contributed by atoms with van der Waals surface area (Å²) in [6.07, 6.45) is 5.05. The quantitative estimate of drug-likeness (QED) is 0.802. The molecule has 5 nitrogen and oxygen atoms in total. The van der Waals surface area contributed by atoms with E-state index in [9.17, 15) is 9.90 Å². The molecule has 0 aromatic heterocycles. The molecule has 2 aliphatic heterocycles. The predicted octanol–water partition coefficient (Wildman–Crippen LogP) is 2.18. The van der Waals surface area contributed by atoms with E-state index in [0.29, 0.717) is 13.2 Å². The van der Waals surface area contributed by atoms with Gasteiger partial charge in [-0.3, -0.25) is 4.79 Å². The first kappa shape index (κ1) is 17.8. The Labute approximate surface area is 149 Å². The van der Waals surface area contributed by atoms with Gasteiger partial charge in [-0.05, 0) is 30.0 Å². The van der Waals surface area contributed by atoms with Crippen molar-refractivity contribution in [1.82, 2.24) is 0 Å². The Morgan fingerprint density at radius 3 is 2.72 bits per heavy atom. The van der Waals surface area contributed by atoms with Gasteiger partial charge in [0.2, 0.25) is 0 Å². The molecule has 1 aromatic carbocycles. The van der Waals surface area contributed by atoms with Gasteiger partial charge in [-0.15, -0.1) is 0 Å². The third-order valence-electron chi connectivity index (χ3n) is 5.25. The number of benzene rings is 1. The fraction of sp³-hybridized carbons (Fsp3) is 0.550. The lowest BCUT2D eigenvalue weighted by Gasteiger charge is -2.26. The van der Waals surface area contributed by atoms with Crippen LogP contribution in [-0.4, -0.2) is 36.9 Å². The number of ether oxygens (including phenoxy) is 2. The van der Waals surface area contributed by atoms with Crippen LogP contribution >= 0.6 is 0 Å². The van der Waals surface area contributed by atoms with Crippen LogP contribution in [0.3, 0.4) is 0 Å². The monoisotopic (exact) mass is 346 g/mol. The Morgan fingerprint density at radius 2 is 2.04 bits per heavy atom. The van der Waals surface area contributed by atoms with Gasteiger partial charge in [0.25, 0.3) is 0 Å². The van der Waals surface area contributed by atoms with Crippen LogP contribution in [0.1, 0.15) is 38.7 Å². The molecule has 5 heteroatoms. The van der Waals surface area contributed by atoms with Crippen LogP contribution < -0.4 is 14.8 Å². The van der Waals surface area contributed by atoms with Crippen LogP contribution in [0.5, 0.6) is 11.5 Å². The van der Waals surface area contributed by atoms with Gasteiger partial charge in [0, 0.05) is 6.42 Å². The Morgan fingerprint density at radius 1 is 1.32 bits per heavy atom. The van der Waals surface area contributed by atoms with Crippen molar-refractivity contribution >= 4 is 5.97 Å². The number of fused-ring (bicyclic) bond motifs is 1.